The highest BCUT2D eigenvalue weighted by atomic mass is 19.4. The SMILES string of the molecule is Cc1cc(N2CCC(N3CCCC3C)C2)ccc1NC(=O)c1ccc(C#N)cc1.O=C(O)C(F)(F)F. The van der Waals surface area contributed by atoms with Crippen LogP contribution in [0, 0.1) is 18.3 Å². The molecule has 2 saturated heterocycles. The smallest absolute Gasteiger partial charge is 0.475 e. The summed E-state index contributed by atoms with van der Waals surface area (Å²) in [6.45, 7) is 7.79. The summed E-state index contributed by atoms with van der Waals surface area (Å²) in [6, 6.07) is 16.4. The van der Waals surface area contributed by atoms with Gasteiger partial charge >= 0.3 is 12.1 Å². The van der Waals surface area contributed by atoms with Crippen molar-refractivity contribution in [1.29, 1.82) is 5.26 Å². The maximum Gasteiger partial charge on any atom is 0.490 e. The summed E-state index contributed by atoms with van der Waals surface area (Å²) in [4.78, 5) is 26.6. The number of likely N-dealkylation sites (tertiary alicyclic amines) is 1. The normalized spacial score (nSPS) is 19.8. The molecule has 10 heteroatoms. The molecule has 2 aliphatic rings. The Kier molecular flexibility index (Phi) is 8.58. The standard InChI is InChI=1S/C24H28N4O.C2HF3O2/c1-17-14-21(27-13-11-22(16-27)28-12-3-4-18(28)2)9-10-23(17)26-24(29)20-7-5-19(15-25)6-8-20;3-2(4,5)1(6)7/h5-10,14,18,22H,3-4,11-13,16H2,1-2H3,(H,26,29);(H,6,7). The molecule has 0 aliphatic carbocycles. The van der Waals surface area contributed by atoms with Crippen molar-refractivity contribution in [3.63, 3.8) is 0 Å². The number of halogens is 3. The number of rotatable bonds is 4. The first kappa shape index (κ1) is 27.0. The molecule has 2 aromatic rings. The molecular formula is C26H29F3N4O3. The van der Waals surface area contributed by atoms with Crippen LogP contribution in [0.3, 0.4) is 0 Å². The molecule has 0 radical (unpaired) electrons. The molecule has 2 N–H and O–H groups in total. The zero-order valence-electron chi connectivity index (χ0n) is 20.2. The predicted octanol–water partition coefficient (Wildman–Crippen LogP) is 4.82. The van der Waals surface area contributed by atoms with Gasteiger partial charge in [0.15, 0.2) is 0 Å². The summed E-state index contributed by atoms with van der Waals surface area (Å²) in [5.74, 6) is -2.91. The summed E-state index contributed by atoms with van der Waals surface area (Å²) in [6.07, 6.45) is -1.21. The molecule has 2 atom stereocenters. The fraction of sp³-hybridized carbons (Fsp3) is 0.423. The molecule has 192 valence electrons. The number of carbonyl (C=O) groups is 2. The van der Waals surface area contributed by atoms with Gasteiger partial charge in [-0.05, 0) is 87.7 Å². The molecule has 2 aromatic carbocycles. The van der Waals surface area contributed by atoms with E-state index in [2.05, 4.69) is 40.2 Å². The number of carboxylic acids is 1. The van der Waals surface area contributed by atoms with E-state index in [-0.39, 0.29) is 5.91 Å². The molecule has 2 unspecified atom stereocenters. The number of anilines is 2. The maximum atomic E-state index is 12.5. The second kappa shape index (κ2) is 11.4. The Balaban J connectivity index is 0.000000454. The quantitative estimate of drug-likeness (QED) is 0.623. The molecule has 0 aromatic heterocycles. The number of hydrogen-bond acceptors (Lipinski definition) is 5. The first-order valence-corrected chi connectivity index (χ1v) is 11.7. The first-order chi connectivity index (χ1) is 17.0. The third-order valence-electron chi connectivity index (χ3n) is 6.58. The van der Waals surface area contributed by atoms with Crippen LogP contribution in [-0.2, 0) is 4.79 Å². The fourth-order valence-electron chi connectivity index (χ4n) is 4.62. The first-order valence-electron chi connectivity index (χ1n) is 11.7. The summed E-state index contributed by atoms with van der Waals surface area (Å²) in [5.41, 5.74) is 4.21. The van der Waals surface area contributed by atoms with Gasteiger partial charge < -0.3 is 15.3 Å². The van der Waals surface area contributed by atoms with Crippen molar-refractivity contribution in [2.45, 2.75) is 51.4 Å². The van der Waals surface area contributed by atoms with E-state index in [1.165, 1.54) is 31.5 Å². The third-order valence-corrected chi connectivity index (χ3v) is 6.58. The fourth-order valence-corrected chi connectivity index (χ4v) is 4.62. The average Bonchev–Trinajstić information content (AvgIpc) is 3.49. The number of alkyl halides is 3. The lowest BCUT2D eigenvalue weighted by Gasteiger charge is -2.28. The van der Waals surface area contributed by atoms with Crippen LogP contribution < -0.4 is 10.2 Å². The largest absolute Gasteiger partial charge is 0.490 e. The van der Waals surface area contributed by atoms with Crippen LogP contribution in [0.2, 0.25) is 0 Å². The Bertz CT molecular complexity index is 1130. The number of carbonyl (C=O) groups excluding carboxylic acids is 1. The van der Waals surface area contributed by atoms with Gasteiger partial charge in [-0.15, -0.1) is 0 Å². The molecule has 0 saturated carbocycles. The minimum absolute atomic E-state index is 0.158. The van der Waals surface area contributed by atoms with Crippen molar-refractivity contribution < 1.29 is 27.9 Å². The number of nitriles is 1. The zero-order chi connectivity index (χ0) is 26.5. The van der Waals surface area contributed by atoms with Crippen LogP contribution in [0.4, 0.5) is 24.5 Å². The second-order valence-electron chi connectivity index (χ2n) is 9.06. The van der Waals surface area contributed by atoms with Crippen molar-refractivity contribution in [3.05, 3.63) is 59.2 Å². The number of hydrogen-bond donors (Lipinski definition) is 2. The van der Waals surface area contributed by atoms with Crippen LogP contribution in [0.15, 0.2) is 42.5 Å². The van der Waals surface area contributed by atoms with Gasteiger partial charge in [-0.3, -0.25) is 9.69 Å². The van der Waals surface area contributed by atoms with Crippen molar-refractivity contribution in [2.24, 2.45) is 0 Å². The predicted molar refractivity (Wildman–Crippen MR) is 130 cm³/mol. The van der Waals surface area contributed by atoms with Crippen LogP contribution in [0.1, 0.15) is 47.7 Å². The zero-order valence-corrected chi connectivity index (χ0v) is 20.2. The van der Waals surface area contributed by atoms with E-state index < -0.39 is 12.1 Å². The number of nitrogens with one attached hydrogen (secondary N) is 1. The van der Waals surface area contributed by atoms with E-state index in [1.807, 2.05) is 13.0 Å². The molecule has 0 spiro atoms. The van der Waals surface area contributed by atoms with E-state index in [0.717, 1.165) is 24.3 Å². The lowest BCUT2D eigenvalue weighted by molar-refractivity contribution is -0.192. The minimum Gasteiger partial charge on any atom is -0.475 e. The highest BCUT2D eigenvalue weighted by Gasteiger charge is 2.38. The van der Waals surface area contributed by atoms with Crippen LogP contribution in [0.5, 0.6) is 0 Å². The number of carboxylic acid groups (broad SMARTS) is 1. The molecule has 7 nitrogen and oxygen atoms in total. The number of benzene rings is 2. The Hall–Kier alpha value is -3.58. The van der Waals surface area contributed by atoms with E-state index in [0.29, 0.717) is 23.2 Å². The Morgan fingerprint density at radius 1 is 1.11 bits per heavy atom. The van der Waals surface area contributed by atoms with Gasteiger partial charge in [0.05, 0.1) is 11.6 Å². The van der Waals surface area contributed by atoms with Gasteiger partial charge in [-0.25, -0.2) is 4.79 Å². The summed E-state index contributed by atoms with van der Waals surface area (Å²) >= 11 is 0. The number of amides is 1. The number of aliphatic carboxylic acids is 1. The molecule has 2 aliphatic heterocycles. The molecule has 2 fully saturated rings. The molecule has 4 rings (SSSR count). The van der Waals surface area contributed by atoms with Crippen molar-refractivity contribution in [3.8, 4) is 6.07 Å². The highest BCUT2D eigenvalue weighted by Crippen LogP contribution is 2.30. The number of nitrogens with zero attached hydrogens (tertiary/aromatic N) is 3. The van der Waals surface area contributed by atoms with Crippen molar-refractivity contribution in [2.75, 3.05) is 29.9 Å². The monoisotopic (exact) mass is 502 g/mol. The Labute approximate surface area is 208 Å². The van der Waals surface area contributed by atoms with E-state index in [1.54, 1.807) is 24.3 Å². The van der Waals surface area contributed by atoms with Gasteiger partial charge in [-0.2, -0.15) is 18.4 Å². The van der Waals surface area contributed by atoms with Crippen LogP contribution in [0.25, 0.3) is 0 Å². The van der Waals surface area contributed by atoms with Gasteiger partial charge in [0, 0.05) is 42.1 Å². The van der Waals surface area contributed by atoms with E-state index >= 15 is 0 Å². The Morgan fingerprint density at radius 3 is 2.31 bits per heavy atom. The third kappa shape index (κ3) is 6.76. The van der Waals surface area contributed by atoms with Gasteiger partial charge in [-0.1, -0.05) is 0 Å². The average molecular weight is 503 g/mol. The summed E-state index contributed by atoms with van der Waals surface area (Å²) < 4.78 is 31.7. The van der Waals surface area contributed by atoms with E-state index in [9.17, 15) is 18.0 Å². The van der Waals surface area contributed by atoms with E-state index in [4.69, 9.17) is 15.2 Å². The summed E-state index contributed by atoms with van der Waals surface area (Å²) in [5, 5.41) is 19.0. The lowest BCUT2D eigenvalue weighted by Crippen LogP contribution is -2.39. The van der Waals surface area contributed by atoms with Gasteiger partial charge in [0.25, 0.3) is 5.91 Å². The van der Waals surface area contributed by atoms with Gasteiger partial charge in [0.1, 0.15) is 0 Å². The second-order valence-corrected chi connectivity index (χ2v) is 9.06. The van der Waals surface area contributed by atoms with Crippen molar-refractivity contribution >= 4 is 23.3 Å². The van der Waals surface area contributed by atoms with Gasteiger partial charge in [0.2, 0.25) is 0 Å². The van der Waals surface area contributed by atoms with Crippen molar-refractivity contribution in [1.82, 2.24) is 4.90 Å². The topological polar surface area (TPSA) is 96.7 Å². The number of aryl methyl sites for hydroxylation is 1. The lowest BCUT2D eigenvalue weighted by atomic mass is 10.1. The molecular weight excluding hydrogens is 473 g/mol. The molecule has 36 heavy (non-hydrogen) atoms. The molecule has 2 heterocycles. The van der Waals surface area contributed by atoms with Crippen LogP contribution >= 0.6 is 0 Å². The summed E-state index contributed by atoms with van der Waals surface area (Å²) in [7, 11) is 0. The molecule has 1 amide bonds. The minimum atomic E-state index is -5.08. The molecule has 0 bridgehead atoms. The maximum absolute atomic E-state index is 12.5. The van der Waals surface area contributed by atoms with Crippen LogP contribution in [-0.4, -0.2) is 59.8 Å². The highest BCUT2D eigenvalue weighted by molar-refractivity contribution is 6.04. The Morgan fingerprint density at radius 2 is 1.78 bits per heavy atom.